The number of hydrogen-bond donors (Lipinski definition) is 1. The second kappa shape index (κ2) is 6.55. The van der Waals surface area contributed by atoms with Crippen molar-refractivity contribution in [1.29, 1.82) is 0 Å². The fourth-order valence-electron chi connectivity index (χ4n) is 3.00. The molecule has 1 aromatic carbocycles. The van der Waals surface area contributed by atoms with Gasteiger partial charge in [0.2, 0.25) is 10.0 Å². The summed E-state index contributed by atoms with van der Waals surface area (Å²) < 4.78 is 33.0. The van der Waals surface area contributed by atoms with Gasteiger partial charge < -0.3 is 4.74 Å². The molecule has 0 aromatic heterocycles. The maximum absolute atomic E-state index is 12.6. The summed E-state index contributed by atoms with van der Waals surface area (Å²) in [7, 11) is -2.02. The van der Waals surface area contributed by atoms with Crippen LogP contribution in [0, 0.1) is 5.92 Å². The van der Waals surface area contributed by atoms with E-state index in [1.165, 1.54) is 0 Å². The number of halogens is 1. The molecule has 1 aliphatic carbocycles. The Bertz CT molecular complexity index is 573. The van der Waals surface area contributed by atoms with Crippen molar-refractivity contribution in [3.05, 3.63) is 24.3 Å². The molecular weight excluding hydrogens is 310 g/mol. The normalized spacial score (nSPS) is 26.5. The third kappa shape index (κ3) is 3.90. The van der Waals surface area contributed by atoms with E-state index in [4.69, 9.17) is 16.3 Å². The maximum atomic E-state index is 12.6. The van der Waals surface area contributed by atoms with E-state index in [2.05, 4.69) is 11.6 Å². The molecule has 118 valence electrons. The van der Waals surface area contributed by atoms with Crippen LogP contribution in [0.2, 0.25) is 0 Å². The Kier molecular flexibility index (Phi) is 5.17. The van der Waals surface area contributed by atoms with E-state index in [0.29, 0.717) is 17.5 Å². The molecule has 0 heterocycles. The predicted octanol–water partition coefficient (Wildman–Crippen LogP) is 3.16. The molecule has 1 aliphatic rings. The molecule has 0 aliphatic heterocycles. The first kappa shape index (κ1) is 16.6. The quantitative estimate of drug-likeness (QED) is 0.843. The average molecular weight is 332 g/mol. The van der Waals surface area contributed by atoms with Crippen molar-refractivity contribution >= 4 is 21.6 Å². The van der Waals surface area contributed by atoms with Crippen molar-refractivity contribution in [2.45, 2.75) is 43.0 Å². The summed E-state index contributed by atoms with van der Waals surface area (Å²) in [6.07, 6.45) is 3.70. The van der Waals surface area contributed by atoms with E-state index in [9.17, 15) is 8.42 Å². The molecule has 4 nitrogen and oxygen atoms in total. The minimum absolute atomic E-state index is 0.242. The van der Waals surface area contributed by atoms with Gasteiger partial charge in [-0.05, 0) is 43.0 Å². The highest BCUT2D eigenvalue weighted by atomic mass is 35.5. The van der Waals surface area contributed by atoms with Gasteiger partial charge in [0.05, 0.1) is 12.0 Å². The first-order valence-electron chi connectivity index (χ1n) is 7.15. The van der Waals surface area contributed by atoms with Gasteiger partial charge in [-0.25, -0.2) is 13.1 Å². The summed E-state index contributed by atoms with van der Waals surface area (Å²) in [5.74, 6) is 1.41. The van der Waals surface area contributed by atoms with Crippen molar-refractivity contribution < 1.29 is 13.2 Å². The van der Waals surface area contributed by atoms with Gasteiger partial charge in [-0.2, -0.15) is 0 Å². The summed E-state index contributed by atoms with van der Waals surface area (Å²) in [5.41, 5.74) is -0.530. The second-order valence-corrected chi connectivity index (χ2v) is 7.85. The molecule has 21 heavy (non-hydrogen) atoms. The molecule has 2 atom stereocenters. The van der Waals surface area contributed by atoms with Crippen LogP contribution in [0.25, 0.3) is 0 Å². The molecule has 0 bridgehead atoms. The van der Waals surface area contributed by atoms with Crippen molar-refractivity contribution in [3.63, 3.8) is 0 Å². The lowest BCUT2D eigenvalue weighted by Gasteiger charge is -2.39. The van der Waals surface area contributed by atoms with Crippen LogP contribution >= 0.6 is 11.6 Å². The largest absolute Gasteiger partial charge is 0.497 e. The topological polar surface area (TPSA) is 55.4 Å². The third-order valence-electron chi connectivity index (χ3n) is 4.07. The van der Waals surface area contributed by atoms with Crippen LogP contribution in [0.4, 0.5) is 0 Å². The minimum atomic E-state index is -3.57. The van der Waals surface area contributed by atoms with Crippen LogP contribution < -0.4 is 9.46 Å². The highest BCUT2D eigenvalue weighted by molar-refractivity contribution is 7.89. The molecule has 1 N–H and O–H groups in total. The van der Waals surface area contributed by atoms with E-state index in [1.54, 1.807) is 31.4 Å². The summed E-state index contributed by atoms with van der Waals surface area (Å²) in [5, 5.41) is 0. The van der Waals surface area contributed by atoms with Gasteiger partial charge in [0.1, 0.15) is 5.75 Å². The van der Waals surface area contributed by atoms with Crippen LogP contribution in [0.5, 0.6) is 5.75 Å². The predicted molar refractivity (Wildman–Crippen MR) is 84.4 cm³/mol. The van der Waals surface area contributed by atoms with Gasteiger partial charge >= 0.3 is 0 Å². The number of alkyl halides is 1. The molecule has 0 amide bonds. The second-order valence-electron chi connectivity index (χ2n) is 5.90. The molecule has 6 heteroatoms. The third-order valence-corrected chi connectivity index (χ3v) is 6.17. The number of ether oxygens (including phenoxy) is 1. The molecule has 1 aromatic rings. The highest BCUT2D eigenvalue weighted by Gasteiger charge is 2.38. The maximum Gasteiger partial charge on any atom is 0.241 e. The lowest BCUT2D eigenvalue weighted by Crippen LogP contribution is -2.52. The number of nitrogens with one attached hydrogen (secondary N) is 1. The Morgan fingerprint density at radius 2 is 2.05 bits per heavy atom. The van der Waals surface area contributed by atoms with Crippen LogP contribution in [0.3, 0.4) is 0 Å². The number of methoxy groups -OCH3 is 1. The van der Waals surface area contributed by atoms with E-state index in [-0.39, 0.29) is 4.90 Å². The van der Waals surface area contributed by atoms with Gasteiger partial charge in [0.25, 0.3) is 0 Å². The highest BCUT2D eigenvalue weighted by Crippen LogP contribution is 2.34. The summed E-state index contributed by atoms with van der Waals surface area (Å²) >= 11 is 6.10. The molecule has 0 radical (unpaired) electrons. The number of benzene rings is 1. The number of rotatable bonds is 5. The van der Waals surface area contributed by atoms with Gasteiger partial charge in [-0.15, -0.1) is 11.6 Å². The van der Waals surface area contributed by atoms with Crippen LogP contribution in [-0.4, -0.2) is 26.9 Å². The van der Waals surface area contributed by atoms with Gasteiger partial charge in [-0.3, -0.25) is 0 Å². The van der Waals surface area contributed by atoms with E-state index < -0.39 is 15.6 Å². The van der Waals surface area contributed by atoms with E-state index >= 15 is 0 Å². The smallest absolute Gasteiger partial charge is 0.241 e. The molecule has 1 saturated carbocycles. The lowest BCUT2D eigenvalue weighted by atomic mass is 9.78. The molecule has 1 fully saturated rings. The standard InChI is InChI=1S/C15H22ClNO3S/c1-12-4-3-9-15(10-12,11-16)17-21(18,19)14-7-5-13(20-2)6-8-14/h5-8,12,17H,3-4,9-11H2,1-2H3. The molecule has 0 spiro atoms. The van der Waals surface area contributed by atoms with E-state index in [0.717, 1.165) is 25.7 Å². The Balaban J connectivity index is 2.22. The first-order chi connectivity index (χ1) is 9.91. The molecular formula is C15H22ClNO3S. The number of hydrogen-bond acceptors (Lipinski definition) is 3. The van der Waals surface area contributed by atoms with Gasteiger partial charge in [0.15, 0.2) is 0 Å². The molecule has 2 rings (SSSR count). The monoisotopic (exact) mass is 331 g/mol. The van der Waals surface area contributed by atoms with Crippen LogP contribution in [0.15, 0.2) is 29.2 Å². The average Bonchev–Trinajstić information content (AvgIpc) is 2.47. The van der Waals surface area contributed by atoms with E-state index in [1.807, 2.05) is 0 Å². The fourth-order valence-corrected chi connectivity index (χ4v) is 4.83. The Hall–Kier alpha value is -0.780. The van der Waals surface area contributed by atoms with Crippen LogP contribution in [-0.2, 0) is 10.0 Å². The lowest BCUT2D eigenvalue weighted by molar-refractivity contribution is 0.239. The molecule has 2 unspecified atom stereocenters. The summed E-state index contributed by atoms with van der Waals surface area (Å²) in [6.45, 7) is 2.14. The van der Waals surface area contributed by atoms with Gasteiger partial charge in [-0.1, -0.05) is 19.8 Å². The van der Waals surface area contributed by atoms with Crippen LogP contribution in [0.1, 0.15) is 32.6 Å². The minimum Gasteiger partial charge on any atom is -0.497 e. The van der Waals surface area contributed by atoms with Crippen molar-refractivity contribution in [2.75, 3.05) is 13.0 Å². The SMILES string of the molecule is COc1ccc(S(=O)(=O)NC2(CCl)CCCC(C)C2)cc1. The first-order valence-corrected chi connectivity index (χ1v) is 9.16. The van der Waals surface area contributed by atoms with Crippen molar-refractivity contribution in [3.8, 4) is 5.75 Å². The zero-order chi connectivity index (χ0) is 15.5. The summed E-state index contributed by atoms with van der Waals surface area (Å²) in [6, 6.07) is 6.39. The number of sulfonamides is 1. The summed E-state index contributed by atoms with van der Waals surface area (Å²) in [4.78, 5) is 0.242. The zero-order valence-corrected chi connectivity index (χ0v) is 14.0. The zero-order valence-electron chi connectivity index (χ0n) is 12.4. The molecule has 0 saturated heterocycles. The van der Waals surface area contributed by atoms with Crippen molar-refractivity contribution in [1.82, 2.24) is 4.72 Å². The fraction of sp³-hybridized carbons (Fsp3) is 0.600. The Morgan fingerprint density at radius 1 is 1.38 bits per heavy atom. The van der Waals surface area contributed by atoms with Crippen molar-refractivity contribution in [2.24, 2.45) is 5.92 Å². The Labute approximate surface area is 131 Å². The van der Waals surface area contributed by atoms with Gasteiger partial charge in [0, 0.05) is 11.4 Å². The Morgan fingerprint density at radius 3 is 2.57 bits per heavy atom.